The number of carbonyl (C=O) groups excluding carboxylic acids is 1. The van der Waals surface area contributed by atoms with E-state index in [0.29, 0.717) is 18.7 Å². The number of nitrogens with zero attached hydrogens (tertiary/aromatic N) is 1. The molecule has 0 aliphatic rings. The molecule has 0 atom stereocenters. The Morgan fingerprint density at radius 2 is 1.91 bits per heavy atom. The number of ether oxygens (including phenoxy) is 1. The van der Waals surface area contributed by atoms with Crippen LogP contribution in [0.2, 0.25) is 0 Å². The number of anilines is 1. The van der Waals surface area contributed by atoms with Gasteiger partial charge in [0.25, 0.3) is 5.91 Å². The average Bonchev–Trinajstić information content (AvgIpc) is 2.53. The maximum Gasteiger partial charge on any atom is 0.251 e. The topological polar surface area (TPSA) is 41.6 Å². The normalized spacial score (nSPS) is 10.1. The maximum atomic E-state index is 12.1. The number of hydrogen-bond acceptors (Lipinski definition) is 3. The Bertz CT molecular complexity index is 638. The standard InChI is InChI=1S/C18H22N2O2/c1-14-7-4-5-10-17(14)22-12-11-19-18(21)15-8-6-9-16(13-15)20(2)3/h4-10,13H,11-12H2,1-3H3,(H,19,21). The lowest BCUT2D eigenvalue weighted by molar-refractivity contribution is 0.0947. The summed E-state index contributed by atoms with van der Waals surface area (Å²) in [5.41, 5.74) is 2.75. The van der Waals surface area contributed by atoms with Crippen molar-refractivity contribution < 1.29 is 9.53 Å². The van der Waals surface area contributed by atoms with E-state index >= 15 is 0 Å². The Kier molecular flexibility index (Phi) is 5.42. The van der Waals surface area contributed by atoms with Gasteiger partial charge in [-0.3, -0.25) is 4.79 Å². The smallest absolute Gasteiger partial charge is 0.251 e. The molecule has 0 saturated heterocycles. The lowest BCUT2D eigenvalue weighted by atomic mass is 10.2. The summed E-state index contributed by atoms with van der Waals surface area (Å²) in [5.74, 6) is 0.767. The summed E-state index contributed by atoms with van der Waals surface area (Å²) >= 11 is 0. The molecule has 22 heavy (non-hydrogen) atoms. The van der Waals surface area contributed by atoms with E-state index in [9.17, 15) is 4.79 Å². The first-order valence-electron chi connectivity index (χ1n) is 7.32. The highest BCUT2D eigenvalue weighted by atomic mass is 16.5. The highest BCUT2D eigenvalue weighted by molar-refractivity contribution is 5.95. The molecule has 0 spiro atoms. The summed E-state index contributed by atoms with van der Waals surface area (Å²) in [4.78, 5) is 14.1. The van der Waals surface area contributed by atoms with Crippen LogP contribution in [-0.4, -0.2) is 33.2 Å². The van der Waals surface area contributed by atoms with Crippen LogP contribution in [0.5, 0.6) is 5.75 Å². The minimum Gasteiger partial charge on any atom is -0.491 e. The first kappa shape index (κ1) is 15.9. The van der Waals surface area contributed by atoms with Crippen LogP contribution in [0.25, 0.3) is 0 Å². The molecule has 2 rings (SSSR count). The number of para-hydroxylation sites is 1. The molecule has 2 aromatic carbocycles. The summed E-state index contributed by atoms with van der Waals surface area (Å²) in [6.45, 7) is 2.92. The van der Waals surface area contributed by atoms with Crippen molar-refractivity contribution in [2.45, 2.75) is 6.92 Å². The van der Waals surface area contributed by atoms with Gasteiger partial charge in [0.15, 0.2) is 0 Å². The summed E-state index contributed by atoms with van der Waals surface area (Å²) in [6.07, 6.45) is 0. The van der Waals surface area contributed by atoms with E-state index in [-0.39, 0.29) is 5.91 Å². The highest BCUT2D eigenvalue weighted by Crippen LogP contribution is 2.16. The predicted octanol–water partition coefficient (Wildman–Crippen LogP) is 2.87. The molecule has 1 N–H and O–H groups in total. The van der Waals surface area contributed by atoms with Crippen LogP contribution in [0.3, 0.4) is 0 Å². The van der Waals surface area contributed by atoms with Crippen LogP contribution >= 0.6 is 0 Å². The molecular weight excluding hydrogens is 276 g/mol. The molecule has 0 bridgehead atoms. The van der Waals surface area contributed by atoms with Gasteiger partial charge in [-0.25, -0.2) is 0 Å². The van der Waals surface area contributed by atoms with Crippen molar-refractivity contribution in [3.05, 3.63) is 59.7 Å². The molecule has 116 valence electrons. The summed E-state index contributed by atoms with van der Waals surface area (Å²) in [5, 5.41) is 2.87. The molecule has 1 amide bonds. The quantitative estimate of drug-likeness (QED) is 0.834. The Labute approximate surface area is 131 Å². The number of benzene rings is 2. The van der Waals surface area contributed by atoms with E-state index in [1.165, 1.54) is 0 Å². The third-order valence-electron chi connectivity index (χ3n) is 3.36. The van der Waals surface area contributed by atoms with E-state index < -0.39 is 0 Å². The number of nitrogens with one attached hydrogen (secondary N) is 1. The van der Waals surface area contributed by atoms with Crippen molar-refractivity contribution >= 4 is 11.6 Å². The van der Waals surface area contributed by atoms with Gasteiger partial charge < -0.3 is 15.0 Å². The second-order valence-electron chi connectivity index (χ2n) is 5.31. The monoisotopic (exact) mass is 298 g/mol. The molecule has 2 aromatic rings. The lowest BCUT2D eigenvalue weighted by Crippen LogP contribution is -2.28. The van der Waals surface area contributed by atoms with Gasteiger partial charge in [0, 0.05) is 25.3 Å². The maximum absolute atomic E-state index is 12.1. The van der Waals surface area contributed by atoms with Gasteiger partial charge in [-0.1, -0.05) is 24.3 Å². The fraction of sp³-hybridized carbons (Fsp3) is 0.278. The molecule has 0 saturated carbocycles. The fourth-order valence-corrected chi connectivity index (χ4v) is 2.07. The van der Waals surface area contributed by atoms with E-state index in [4.69, 9.17) is 4.74 Å². The number of hydrogen-bond donors (Lipinski definition) is 1. The predicted molar refractivity (Wildman–Crippen MR) is 89.8 cm³/mol. The van der Waals surface area contributed by atoms with Crippen LogP contribution in [0.1, 0.15) is 15.9 Å². The van der Waals surface area contributed by atoms with Gasteiger partial charge in [-0.15, -0.1) is 0 Å². The van der Waals surface area contributed by atoms with Crippen molar-refractivity contribution in [1.29, 1.82) is 0 Å². The summed E-state index contributed by atoms with van der Waals surface area (Å²) in [7, 11) is 3.90. The van der Waals surface area contributed by atoms with Gasteiger partial charge in [-0.2, -0.15) is 0 Å². The Morgan fingerprint density at radius 1 is 1.14 bits per heavy atom. The molecule has 0 aliphatic carbocycles. The van der Waals surface area contributed by atoms with Crippen molar-refractivity contribution in [3.8, 4) is 5.75 Å². The number of rotatable bonds is 6. The van der Waals surface area contributed by atoms with Gasteiger partial charge in [-0.05, 0) is 36.8 Å². The Balaban J connectivity index is 1.83. The minimum absolute atomic E-state index is 0.0860. The Hall–Kier alpha value is -2.49. The molecule has 0 aliphatic heterocycles. The minimum atomic E-state index is -0.0860. The van der Waals surface area contributed by atoms with Gasteiger partial charge >= 0.3 is 0 Å². The van der Waals surface area contributed by atoms with Crippen molar-refractivity contribution in [2.75, 3.05) is 32.1 Å². The van der Waals surface area contributed by atoms with E-state index in [1.54, 1.807) is 0 Å². The highest BCUT2D eigenvalue weighted by Gasteiger charge is 2.06. The van der Waals surface area contributed by atoms with Crippen molar-refractivity contribution in [1.82, 2.24) is 5.32 Å². The third kappa shape index (κ3) is 4.25. The van der Waals surface area contributed by atoms with Crippen LogP contribution < -0.4 is 15.0 Å². The molecule has 0 aromatic heterocycles. The zero-order valence-corrected chi connectivity index (χ0v) is 13.3. The second-order valence-corrected chi connectivity index (χ2v) is 5.31. The van der Waals surface area contributed by atoms with Crippen LogP contribution in [0.4, 0.5) is 5.69 Å². The van der Waals surface area contributed by atoms with E-state index in [0.717, 1.165) is 17.0 Å². The molecule has 0 heterocycles. The zero-order chi connectivity index (χ0) is 15.9. The number of carbonyl (C=O) groups is 1. The zero-order valence-electron chi connectivity index (χ0n) is 13.3. The third-order valence-corrected chi connectivity index (χ3v) is 3.36. The molecular formula is C18H22N2O2. The van der Waals surface area contributed by atoms with Crippen LogP contribution in [0, 0.1) is 6.92 Å². The first-order valence-corrected chi connectivity index (χ1v) is 7.32. The van der Waals surface area contributed by atoms with Crippen molar-refractivity contribution in [2.24, 2.45) is 0 Å². The fourth-order valence-electron chi connectivity index (χ4n) is 2.07. The van der Waals surface area contributed by atoms with Crippen LogP contribution in [-0.2, 0) is 0 Å². The number of aryl methyl sites for hydroxylation is 1. The number of amides is 1. The average molecular weight is 298 g/mol. The van der Waals surface area contributed by atoms with E-state index in [1.807, 2.05) is 74.4 Å². The van der Waals surface area contributed by atoms with E-state index in [2.05, 4.69) is 5.32 Å². The summed E-state index contributed by atoms with van der Waals surface area (Å²) < 4.78 is 5.66. The second kappa shape index (κ2) is 7.50. The summed E-state index contributed by atoms with van der Waals surface area (Å²) in [6, 6.07) is 15.4. The van der Waals surface area contributed by atoms with Gasteiger partial charge in [0.2, 0.25) is 0 Å². The van der Waals surface area contributed by atoms with Gasteiger partial charge in [0.05, 0.1) is 6.54 Å². The largest absolute Gasteiger partial charge is 0.491 e. The van der Waals surface area contributed by atoms with Crippen molar-refractivity contribution in [3.63, 3.8) is 0 Å². The lowest BCUT2D eigenvalue weighted by Gasteiger charge is -2.14. The molecule has 4 heteroatoms. The van der Waals surface area contributed by atoms with Crippen LogP contribution in [0.15, 0.2) is 48.5 Å². The molecule has 0 unspecified atom stereocenters. The van der Waals surface area contributed by atoms with Gasteiger partial charge in [0.1, 0.15) is 12.4 Å². The molecule has 0 fully saturated rings. The Morgan fingerprint density at radius 3 is 2.64 bits per heavy atom. The molecule has 0 radical (unpaired) electrons. The first-order chi connectivity index (χ1) is 10.6. The molecule has 4 nitrogen and oxygen atoms in total. The SMILES string of the molecule is Cc1ccccc1OCCNC(=O)c1cccc(N(C)C)c1.